The van der Waals surface area contributed by atoms with E-state index in [9.17, 15) is 9.59 Å². The molecular formula is C23H29AcN3O4. The molecule has 0 aromatic heterocycles. The number of nitrogens with one attached hydrogen (secondary N) is 2. The molecule has 0 aliphatic carbocycles. The number of amides is 1. The molecule has 31 heavy (non-hydrogen) atoms. The monoisotopic (exact) mass is 638 g/mol. The molecule has 0 saturated carbocycles. The Morgan fingerprint density at radius 3 is 2.16 bits per heavy atom. The molecule has 1 radical (unpaired) electrons. The number of benzene rings is 2. The molecule has 7 nitrogen and oxygen atoms in total. The maximum absolute atomic E-state index is 12.3. The minimum absolute atomic E-state index is 0. The predicted molar refractivity (Wildman–Crippen MR) is 119 cm³/mol. The van der Waals surface area contributed by atoms with Crippen molar-refractivity contribution in [2.24, 2.45) is 5.73 Å². The summed E-state index contributed by atoms with van der Waals surface area (Å²) < 4.78 is 5.33. The zero-order chi connectivity index (χ0) is 21.4. The molecular weight excluding hydrogens is 609 g/mol. The van der Waals surface area contributed by atoms with Crippen LogP contribution in [0.25, 0.3) is 6.08 Å². The number of amidine groups is 1. The maximum atomic E-state index is 12.3. The van der Waals surface area contributed by atoms with Gasteiger partial charge in [-0.25, -0.2) is 4.79 Å². The largest absolute Gasteiger partial charge is 0.423 e. The number of nitrogen functional groups attached to an aromatic ring is 1. The van der Waals surface area contributed by atoms with Crippen molar-refractivity contribution in [2.45, 2.75) is 39.7 Å². The Bertz CT molecular complexity index is 909. The van der Waals surface area contributed by atoms with Crippen molar-refractivity contribution < 1.29 is 63.9 Å². The second kappa shape index (κ2) is 14.1. The third kappa shape index (κ3) is 9.34. The Morgan fingerprint density at radius 1 is 1.10 bits per heavy atom. The molecule has 2 rings (SSSR count). The molecule has 6 N–H and O–H groups in total. The van der Waals surface area contributed by atoms with E-state index in [0.29, 0.717) is 22.4 Å². The Morgan fingerprint density at radius 2 is 1.65 bits per heavy atom. The fraction of sp³-hybridized carbons (Fsp3) is 0.261. The molecule has 2 aromatic rings. The summed E-state index contributed by atoms with van der Waals surface area (Å²) in [7, 11) is 0. The van der Waals surface area contributed by atoms with Crippen LogP contribution >= 0.6 is 0 Å². The van der Waals surface area contributed by atoms with Gasteiger partial charge in [0.1, 0.15) is 11.6 Å². The quantitative estimate of drug-likeness (QED) is 0.135. The van der Waals surface area contributed by atoms with E-state index >= 15 is 0 Å². The molecule has 0 unspecified atom stereocenters. The first kappa shape index (κ1) is 29.0. The summed E-state index contributed by atoms with van der Waals surface area (Å²) in [5.41, 5.74) is 7.79. The number of carbonyl (C=O) groups excluding carboxylic acids is 2. The van der Waals surface area contributed by atoms with Gasteiger partial charge in [-0.3, -0.25) is 10.2 Å². The topological polar surface area (TPSA) is 137 Å². The number of carbonyl (C=O) groups is 2. The van der Waals surface area contributed by atoms with Crippen LogP contribution in [0, 0.1) is 49.5 Å². The molecule has 2 aromatic carbocycles. The number of rotatable bonds is 8. The van der Waals surface area contributed by atoms with Crippen LogP contribution in [-0.2, 0) is 4.79 Å². The molecule has 1 atom stereocenters. The van der Waals surface area contributed by atoms with Crippen molar-refractivity contribution in [1.29, 1.82) is 5.41 Å². The molecule has 0 aliphatic heterocycles. The van der Waals surface area contributed by atoms with Crippen LogP contribution in [0.15, 0.2) is 54.1 Å². The smallest absolute Gasteiger partial charge is 0.343 e. The van der Waals surface area contributed by atoms with Crippen LogP contribution in [-0.4, -0.2) is 29.2 Å². The molecule has 0 fully saturated rings. The zero-order valence-electron chi connectivity index (χ0n) is 18.1. The summed E-state index contributed by atoms with van der Waals surface area (Å²) in [5, 5.41) is 10.3. The van der Waals surface area contributed by atoms with E-state index in [1.54, 1.807) is 61.5 Å². The molecule has 0 spiro atoms. The Labute approximate surface area is 218 Å². The van der Waals surface area contributed by atoms with Gasteiger partial charge in [0.15, 0.2) is 0 Å². The van der Waals surface area contributed by atoms with Gasteiger partial charge < -0.3 is 21.3 Å². The predicted octanol–water partition coefficient (Wildman–Crippen LogP) is 3.07. The average molecular weight is 639 g/mol. The van der Waals surface area contributed by atoms with Crippen LogP contribution < -0.4 is 15.8 Å². The summed E-state index contributed by atoms with van der Waals surface area (Å²) in [4.78, 5) is 24.5. The van der Waals surface area contributed by atoms with Gasteiger partial charge in [-0.05, 0) is 68.3 Å². The SMILES string of the molecule is CCC[C@@H](C)NC(=O)C(C)=Cc1ccc(C(=O)Oc2ccc(C(=N)N)cc2)cc1.O.[Ac]. The van der Waals surface area contributed by atoms with E-state index in [1.807, 2.05) is 6.92 Å². The Hall–Kier alpha value is -2.01. The normalized spacial score (nSPS) is 11.4. The van der Waals surface area contributed by atoms with Crippen LogP contribution in [0.3, 0.4) is 0 Å². The number of nitrogens with two attached hydrogens (primary N) is 1. The summed E-state index contributed by atoms with van der Waals surface area (Å²) in [6.07, 6.45) is 3.74. The molecule has 8 heteroatoms. The first-order valence-corrected chi connectivity index (χ1v) is 9.56. The first-order chi connectivity index (χ1) is 13.8. The van der Waals surface area contributed by atoms with Gasteiger partial charge in [-0.15, -0.1) is 0 Å². The van der Waals surface area contributed by atoms with Gasteiger partial charge >= 0.3 is 5.97 Å². The van der Waals surface area contributed by atoms with E-state index in [4.69, 9.17) is 15.9 Å². The third-order valence-corrected chi connectivity index (χ3v) is 4.36. The van der Waals surface area contributed by atoms with Crippen LogP contribution in [0.5, 0.6) is 5.75 Å². The van der Waals surface area contributed by atoms with Crippen LogP contribution in [0.4, 0.5) is 0 Å². The summed E-state index contributed by atoms with van der Waals surface area (Å²) in [6, 6.07) is 13.4. The number of esters is 1. The van der Waals surface area contributed by atoms with E-state index in [1.165, 1.54) is 0 Å². The molecule has 0 heterocycles. The fourth-order valence-corrected chi connectivity index (χ4v) is 2.74. The molecule has 1 amide bonds. The number of hydrogen-bond donors (Lipinski definition) is 3. The summed E-state index contributed by atoms with van der Waals surface area (Å²) in [6.45, 7) is 5.84. The van der Waals surface area contributed by atoms with Crippen molar-refractivity contribution >= 4 is 23.8 Å². The second-order valence-electron chi connectivity index (χ2n) is 6.94. The second-order valence-corrected chi connectivity index (χ2v) is 6.94. The van der Waals surface area contributed by atoms with Crippen molar-refractivity contribution in [2.75, 3.05) is 0 Å². The van der Waals surface area contributed by atoms with Crippen LogP contribution in [0.1, 0.15) is 55.1 Å². The van der Waals surface area contributed by atoms with E-state index in [0.717, 1.165) is 18.4 Å². The van der Waals surface area contributed by atoms with Gasteiger partial charge in [0.2, 0.25) is 5.91 Å². The summed E-state index contributed by atoms with van der Waals surface area (Å²) >= 11 is 0. The van der Waals surface area contributed by atoms with Crippen LogP contribution in [0.2, 0.25) is 0 Å². The minimum atomic E-state index is -0.487. The van der Waals surface area contributed by atoms with Crippen molar-refractivity contribution in [3.63, 3.8) is 0 Å². The molecule has 0 aliphatic rings. The van der Waals surface area contributed by atoms with E-state index < -0.39 is 5.97 Å². The zero-order valence-corrected chi connectivity index (χ0v) is 22.8. The maximum Gasteiger partial charge on any atom is 0.343 e. The van der Waals surface area contributed by atoms with Gasteiger partial charge in [0, 0.05) is 61.2 Å². The third-order valence-electron chi connectivity index (χ3n) is 4.36. The van der Waals surface area contributed by atoms with Crippen molar-refractivity contribution in [3.05, 3.63) is 70.8 Å². The van der Waals surface area contributed by atoms with E-state index in [2.05, 4.69) is 12.2 Å². The summed E-state index contributed by atoms with van der Waals surface area (Å²) in [5.74, 6) is -0.254. The Balaban J connectivity index is 0.00000450. The molecule has 0 bridgehead atoms. The molecule has 163 valence electrons. The fourth-order valence-electron chi connectivity index (χ4n) is 2.74. The molecule has 0 saturated heterocycles. The Kier molecular flexibility index (Phi) is 13.2. The van der Waals surface area contributed by atoms with Gasteiger partial charge in [0.05, 0.1) is 5.56 Å². The van der Waals surface area contributed by atoms with Gasteiger partial charge in [0.25, 0.3) is 0 Å². The van der Waals surface area contributed by atoms with Gasteiger partial charge in [-0.2, -0.15) is 0 Å². The number of hydrogen-bond acceptors (Lipinski definition) is 4. The number of ether oxygens (including phenoxy) is 1. The van der Waals surface area contributed by atoms with Crippen molar-refractivity contribution in [3.8, 4) is 5.75 Å². The van der Waals surface area contributed by atoms with Crippen molar-refractivity contribution in [1.82, 2.24) is 5.32 Å². The van der Waals surface area contributed by atoms with E-state index in [-0.39, 0.29) is 67.3 Å². The average Bonchev–Trinajstić information content (AvgIpc) is 2.69. The first-order valence-electron chi connectivity index (χ1n) is 9.56. The standard InChI is InChI=1S/C23H27N3O3.Ac.H2O/c1-4-5-16(3)26-22(27)15(2)14-17-6-8-19(9-7-17)23(28)29-20-12-10-18(11-13-20)21(24)25;;/h6-14,16H,4-5H2,1-3H3,(H3,24,25)(H,26,27);;1H2/t16-;;/m1../s1. The minimum Gasteiger partial charge on any atom is -0.423 e. The van der Waals surface area contributed by atoms with Gasteiger partial charge in [-0.1, -0.05) is 25.5 Å².